The molecule has 0 aliphatic carbocycles. The summed E-state index contributed by atoms with van der Waals surface area (Å²) in [6, 6.07) is 10.5. The molecule has 0 fully saturated rings. The highest BCUT2D eigenvalue weighted by atomic mass is 32.1. The Balaban J connectivity index is 1.79. The Bertz CT molecular complexity index is 828. The van der Waals surface area contributed by atoms with Crippen molar-refractivity contribution in [1.29, 1.82) is 0 Å². The first-order valence-corrected chi connectivity index (χ1v) is 6.64. The van der Waals surface area contributed by atoms with Gasteiger partial charge in [-0.3, -0.25) is 10.1 Å². The molecule has 0 amide bonds. The van der Waals surface area contributed by atoms with Crippen molar-refractivity contribution in [1.82, 2.24) is 20.6 Å². The molecule has 0 spiro atoms. The van der Waals surface area contributed by atoms with Crippen LogP contribution in [0.1, 0.15) is 10.4 Å². The van der Waals surface area contributed by atoms with Gasteiger partial charge in [-0.2, -0.15) is 0 Å². The van der Waals surface area contributed by atoms with E-state index in [2.05, 4.69) is 32.5 Å². The maximum Gasteiger partial charge on any atom is 0.325 e. The first kappa shape index (κ1) is 13.0. The molecule has 1 aromatic carbocycles. The first-order chi connectivity index (χ1) is 10.2. The zero-order valence-corrected chi connectivity index (χ0v) is 11.3. The average molecular weight is 297 g/mol. The molecule has 2 heterocycles. The van der Waals surface area contributed by atoms with E-state index in [1.807, 2.05) is 24.3 Å². The maximum absolute atomic E-state index is 10.6. The fourth-order valence-corrected chi connectivity index (χ4v) is 2.29. The molecule has 3 aromatic rings. The Hall–Kier alpha value is -3.05. The van der Waals surface area contributed by atoms with Crippen LogP contribution in [0.15, 0.2) is 36.4 Å². The quantitative estimate of drug-likeness (QED) is 0.444. The number of hydrogen-bond donors (Lipinski definition) is 1. The number of benzene rings is 1. The summed E-state index contributed by atoms with van der Waals surface area (Å²) in [5, 5.41) is 24.2. The monoisotopic (exact) mass is 297 g/mol. The van der Waals surface area contributed by atoms with Crippen molar-refractivity contribution in [2.75, 3.05) is 0 Å². The van der Waals surface area contributed by atoms with Crippen molar-refractivity contribution in [2.24, 2.45) is 0 Å². The largest absolute Gasteiger partial charge is 0.325 e. The molecular weight excluding hydrogens is 290 g/mol. The molecule has 0 aliphatic rings. The van der Waals surface area contributed by atoms with Crippen molar-refractivity contribution in [3.8, 4) is 23.2 Å². The molecular formula is C13H7N5O2S. The van der Waals surface area contributed by atoms with Gasteiger partial charge in [-0.05, 0) is 40.8 Å². The Morgan fingerprint density at radius 3 is 2.57 bits per heavy atom. The topological polar surface area (TPSA) is 97.6 Å². The molecule has 7 nitrogen and oxygen atoms in total. The summed E-state index contributed by atoms with van der Waals surface area (Å²) in [5.41, 5.74) is 1.67. The minimum atomic E-state index is -0.421. The molecule has 21 heavy (non-hydrogen) atoms. The molecule has 2 aromatic heterocycles. The number of thiophene rings is 1. The maximum atomic E-state index is 10.6. The zero-order valence-electron chi connectivity index (χ0n) is 10.5. The zero-order chi connectivity index (χ0) is 14.7. The van der Waals surface area contributed by atoms with Crippen molar-refractivity contribution < 1.29 is 4.92 Å². The van der Waals surface area contributed by atoms with Gasteiger partial charge in [-0.15, -0.1) is 5.10 Å². The minimum absolute atomic E-state index is 0.0902. The molecule has 8 heteroatoms. The summed E-state index contributed by atoms with van der Waals surface area (Å²) >= 11 is 1.06. The van der Waals surface area contributed by atoms with Crippen LogP contribution in [-0.2, 0) is 0 Å². The molecule has 0 unspecified atom stereocenters. The lowest BCUT2D eigenvalue weighted by Crippen LogP contribution is -1.81. The highest BCUT2D eigenvalue weighted by molar-refractivity contribution is 7.15. The molecule has 0 aliphatic heterocycles. The lowest BCUT2D eigenvalue weighted by atomic mass is 10.1. The SMILES string of the molecule is O=[N+]([O-])c1ccc(C#Cc2ccc(-c3nnn[nH]3)cc2)s1. The Labute approximate surface area is 122 Å². The van der Waals surface area contributed by atoms with Crippen LogP contribution in [0.2, 0.25) is 0 Å². The second-order valence-electron chi connectivity index (χ2n) is 3.97. The molecule has 0 saturated heterocycles. The summed E-state index contributed by atoms with van der Waals surface area (Å²) in [6.07, 6.45) is 0. The number of nitrogens with zero attached hydrogens (tertiary/aromatic N) is 4. The summed E-state index contributed by atoms with van der Waals surface area (Å²) in [4.78, 5) is 10.8. The highest BCUT2D eigenvalue weighted by Gasteiger charge is 2.07. The van der Waals surface area contributed by atoms with Crippen LogP contribution in [0.25, 0.3) is 11.4 Å². The molecule has 1 N–H and O–H groups in total. The van der Waals surface area contributed by atoms with E-state index in [9.17, 15) is 10.1 Å². The van der Waals surface area contributed by atoms with Gasteiger partial charge >= 0.3 is 5.00 Å². The van der Waals surface area contributed by atoms with Crippen LogP contribution in [-0.4, -0.2) is 25.5 Å². The molecule has 0 bridgehead atoms. The molecule has 0 saturated carbocycles. The Kier molecular flexibility index (Phi) is 3.41. The summed E-state index contributed by atoms with van der Waals surface area (Å²) in [7, 11) is 0. The molecule has 0 atom stereocenters. The van der Waals surface area contributed by atoms with E-state index in [0.717, 1.165) is 22.5 Å². The number of aromatic amines is 1. The van der Waals surface area contributed by atoms with Gasteiger partial charge in [-0.1, -0.05) is 23.2 Å². The van der Waals surface area contributed by atoms with E-state index < -0.39 is 4.92 Å². The van der Waals surface area contributed by atoms with Gasteiger partial charge in [0.1, 0.15) is 0 Å². The van der Waals surface area contributed by atoms with Crippen LogP contribution in [0, 0.1) is 22.0 Å². The smallest absolute Gasteiger partial charge is 0.258 e. The highest BCUT2D eigenvalue weighted by Crippen LogP contribution is 2.23. The van der Waals surface area contributed by atoms with E-state index in [1.165, 1.54) is 6.07 Å². The predicted octanol–water partition coefficient (Wildman–Crippen LogP) is 2.24. The molecule has 102 valence electrons. The number of H-pyrrole nitrogens is 1. The van der Waals surface area contributed by atoms with Crippen LogP contribution in [0.5, 0.6) is 0 Å². The van der Waals surface area contributed by atoms with E-state index >= 15 is 0 Å². The van der Waals surface area contributed by atoms with Crippen LogP contribution >= 0.6 is 11.3 Å². The van der Waals surface area contributed by atoms with Crippen molar-refractivity contribution in [3.63, 3.8) is 0 Å². The fourth-order valence-electron chi connectivity index (χ4n) is 1.62. The van der Waals surface area contributed by atoms with E-state index in [4.69, 9.17) is 0 Å². The second-order valence-corrected chi connectivity index (χ2v) is 5.03. The lowest BCUT2D eigenvalue weighted by Gasteiger charge is -1.94. The van der Waals surface area contributed by atoms with Crippen LogP contribution in [0.4, 0.5) is 5.00 Å². The minimum Gasteiger partial charge on any atom is -0.258 e. The molecule has 0 radical (unpaired) electrons. The van der Waals surface area contributed by atoms with Gasteiger partial charge < -0.3 is 0 Å². The van der Waals surface area contributed by atoms with Crippen molar-refractivity contribution in [3.05, 3.63) is 57.0 Å². The number of tetrazole rings is 1. The number of nitro groups is 1. The fraction of sp³-hybridized carbons (Fsp3) is 0. The number of rotatable bonds is 2. The molecule has 3 rings (SSSR count). The van der Waals surface area contributed by atoms with Gasteiger partial charge in [0, 0.05) is 17.2 Å². The average Bonchev–Trinajstić information content (AvgIpc) is 3.17. The van der Waals surface area contributed by atoms with Gasteiger partial charge in [-0.25, -0.2) is 5.10 Å². The Morgan fingerprint density at radius 1 is 1.14 bits per heavy atom. The van der Waals surface area contributed by atoms with Crippen LogP contribution < -0.4 is 0 Å². The van der Waals surface area contributed by atoms with Gasteiger partial charge in [0.05, 0.1) is 9.80 Å². The summed E-state index contributed by atoms with van der Waals surface area (Å²) in [6.45, 7) is 0. The van der Waals surface area contributed by atoms with Crippen LogP contribution in [0.3, 0.4) is 0 Å². The first-order valence-electron chi connectivity index (χ1n) is 5.83. The number of nitrogens with one attached hydrogen (secondary N) is 1. The van der Waals surface area contributed by atoms with Crippen molar-refractivity contribution >= 4 is 16.3 Å². The van der Waals surface area contributed by atoms with E-state index in [1.54, 1.807) is 6.07 Å². The lowest BCUT2D eigenvalue weighted by molar-refractivity contribution is -0.380. The summed E-state index contributed by atoms with van der Waals surface area (Å²) in [5.74, 6) is 6.45. The van der Waals surface area contributed by atoms with Gasteiger partial charge in [0.15, 0.2) is 5.82 Å². The second kappa shape index (κ2) is 5.52. The van der Waals surface area contributed by atoms with Gasteiger partial charge in [0.2, 0.25) is 0 Å². The third-order valence-corrected chi connectivity index (χ3v) is 3.56. The van der Waals surface area contributed by atoms with Gasteiger partial charge in [0.25, 0.3) is 0 Å². The van der Waals surface area contributed by atoms with Crippen molar-refractivity contribution in [2.45, 2.75) is 0 Å². The number of aromatic nitrogens is 4. The number of hydrogen-bond acceptors (Lipinski definition) is 6. The Morgan fingerprint density at radius 2 is 1.95 bits per heavy atom. The predicted molar refractivity (Wildman–Crippen MR) is 76.6 cm³/mol. The standard InChI is InChI=1S/C13H7N5O2S/c19-18(20)12-8-7-11(21-12)6-3-9-1-4-10(5-2-9)13-14-16-17-15-13/h1-2,4-5,7-8H,(H,14,15,16,17). The normalized spacial score (nSPS) is 9.90. The third kappa shape index (κ3) is 2.93. The summed E-state index contributed by atoms with van der Waals surface area (Å²) < 4.78 is 0. The van der Waals surface area contributed by atoms with E-state index in [0.29, 0.717) is 10.7 Å². The third-order valence-electron chi connectivity index (χ3n) is 2.61. The van der Waals surface area contributed by atoms with E-state index in [-0.39, 0.29) is 5.00 Å².